The van der Waals surface area contributed by atoms with Crippen molar-refractivity contribution >= 4 is 17.0 Å². The Morgan fingerprint density at radius 1 is 1.62 bits per heavy atom. The minimum Gasteiger partial charge on any atom is -0.465 e. The van der Waals surface area contributed by atoms with E-state index in [4.69, 9.17) is 0 Å². The number of nitrogens with one attached hydrogen (secondary N) is 1. The topological polar surface area (TPSA) is 75.2 Å². The van der Waals surface area contributed by atoms with Crippen LogP contribution in [0.2, 0.25) is 0 Å². The Morgan fingerprint density at radius 3 is 3.00 bits per heavy atom. The number of aliphatic hydroxyl groups excluding tert-OH is 1. The van der Waals surface area contributed by atoms with Crippen molar-refractivity contribution in [2.24, 2.45) is 0 Å². The van der Waals surface area contributed by atoms with E-state index in [9.17, 15) is 9.90 Å². The molecule has 0 aliphatic heterocycles. The summed E-state index contributed by atoms with van der Waals surface area (Å²) < 4.78 is 4.67. The Morgan fingerprint density at radius 2 is 2.38 bits per heavy atom. The Balaban J connectivity index is 2.77. The van der Waals surface area contributed by atoms with Crippen LogP contribution in [-0.4, -0.2) is 28.2 Å². The molecule has 0 aliphatic rings. The second kappa shape index (κ2) is 3.94. The van der Waals surface area contributed by atoms with Gasteiger partial charge in [-0.1, -0.05) is 0 Å². The van der Waals surface area contributed by atoms with Crippen LogP contribution in [0.25, 0.3) is 11.0 Å². The van der Waals surface area contributed by atoms with Crippen molar-refractivity contribution < 1.29 is 14.6 Å². The number of esters is 1. The number of hydrogen-bond acceptors (Lipinski definition) is 4. The fraction of sp³-hybridized carbons (Fsp3) is 0.273. The second-order valence-corrected chi connectivity index (χ2v) is 3.50. The molecule has 0 unspecified atom stereocenters. The van der Waals surface area contributed by atoms with Crippen LogP contribution in [0.3, 0.4) is 0 Å². The predicted molar refractivity (Wildman–Crippen MR) is 58.1 cm³/mol. The molecule has 5 heteroatoms. The van der Waals surface area contributed by atoms with Gasteiger partial charge in [0, 0.05) is 17.8 Å². The molecule has 0 saturated heterocycles. The highest BCUT2D eigenvalue weighted by Gasteiger charge is 2.17. The molecule has 0 radical (unpaired) electrons. The molecule has 0 aromatic carbocycles. The maximum Gasteiger partial charge on any atom is 0.340 e. The van der Waals surface area contributed by atoms with Crippen LogP contribution in [0, 0.1) is 6.92 Å². The smallest absolute Gasteiger partial charge is 0.340 e. The summed E-state index contributed by atoms with van der Waals surface area (Å²) in [6.07, 6.45) is 3.20. The average Bonchev–Trinajstić information content (AvgIpc) is 2.72. The van der Waals surface area contributed by atoms with Gasteiger partial charge in [-0.3, -0.25) is 0 Å². The molecule has 0 bridgehead atoms. The first-order chi connectivity index (χ1) is 7.69. The maximum atomic E-state index is 11.5. The molecule has 2 rings (SSSR count). The highest BCUT2D eigenvalue weighted by atomic mass is 16.5. The summed E-state index contributed by atoms with van der Waals surface area (Å²) >= 11 is 0. The van der Waals surface area contributed by atoms with Crippen molar-refractivity contribution in [2.45, 2.75) is 13.5 Å². The molecule has 5 nitrogen and oxygen atoms in total. The molecule has 0 saturated carbocycles. The van der Waals surface area contributed by atoms with Gasteiger partial charge in [-0.05, 0) is 18.1 Å². The van der Waals surface area contributed by atoms with Gasteiger partial charge in [-0.25, -0.2) is 9.78 Å². The normalized spacial score (nSPS) is 10.7. The van der Waals surface area contributed by atoms with Crippen molar-refractivity contribution in [3.8, 4) is 0 Å². The summed E-state index contributed by atoms with van der Waals surface area (Å²) in [5, 5.41) is 9.95. The van der Waals surface area contributed by atoms with E-state index in [1.165, 1.54) is 7.11 Å². The number of nitrogens with zero attached hydrogens (tertiary/aromatic N) is 1. The van der Waals surface area contributed by atoms with Crippen LogP contribution in [0.15, 0.2) is 12.4 Å². The average molecular weight is 220 g/mol. The van der Waals surface area contributed by atoms with Crippen LogP contribution < -0.4 is 0 Å². The molecule has 0 fully saturated rings. The van der Waals surface area contributed by atoms with Gasteiger partial charge >= 0.3 is 5.97 Å². The van der Waals surface area contributed by atoms with E-state index in [2.05, 4.69) is 14.7 Å². The number of aromatic nitrogens is 2. The lowest BCUT2D eigenvalue weighted by molar-refractivity contribution is 0.0603. The van der Waals surface area contributed by atoms with E-state index in [0.717, 1.165) is 5.56 Å². The summed E-state index contributed by atoms with van der Waals surface area (Å²) in [6.45, 7) is 1.71. The van der Waals surface area contributed by atoms with E-state index < -0.39 is 5.97 Å². The first-order valence-electron chi connectivity index (χ1n) is 4.83. The number of fused-ring (bicyclic) bond motifs is 1. The van der Waals surface area contributed by atoms with Crippen LogP contribution in [0.5, 0.6) is 0 Å². The monoisotopic (exact) mass is 220 g/mol. The van der Waals surface area contributed by atoms with Crippen LogP contribution in [-0.2, 0) is 11.3 Å². The van der Waals surface area contributed by atoms with Gasteiger partial charge in [-0.2, -0.15) is 0 Å². The molecular formula is C11H12N2O3. The van der Waals surface area contributed by atoms with Gasteiger partial charge in [0.2, 0.25) is 0 Å². The maximum absolute atomic E-state index is 11.5. The lowest BCUT2D eigenvalue weighted by atomic mass is 10.1. The molecule has 84 valence electrons. The molecule has 0 atom stereocenters. The van der Waals surface area contributed by atoms with Gasteiger partial charge in [0.25, 0.3) is 0 Å². The number of carbonyl (C=O) groups is 1. The van der Waals surface area contributed by atoms with Gasteiger partial charge < -0.3 is 14.8 Å². The third-order valence-corrected chi connectivity index (χ3v) is 2.59. The van der Waals surface area contributed by atoms with Crippen molar-refractivity contribution in [3.05, 3.63) is 29.1 Å². The van der Waals surface area contributed by atoms with E-state index in [-0.39, 0.29) is 6.61 Å². The summed E-state index contributed by atoms with van der Waals surface area (Å²) in [4.78, 5) is 18.6. The lowest BCUT2D eigenvalue weighted by Crippen LogP contribution is -2.02. The van der Waals surface area contributed by atoms with Crippen molar-refractivity contribution in [1.82, 2.24) is 9.97 Å². The third kappa shape index (κ3) is 1.45. The van der Waals surface area contributed by atoms with Crippen LogP contribution in [0.4, 0.5) is 0 Å². The minimum absolute atomic E-state index is 0.132. The number of hydrogen-bond donors (Lipinski definition) is 2. The Hall–Kier alpha value is -1.88. The predicted octanol–water partition coefficient (Wildman–Crippen LogP) is 1.15. The molecule has 0 amide bonds. The second-order valence-electron chi connectivity index (χ2n) is 3.50. The Labute approximate surface area is 92.1 Å². The van der Waals surface area contributed by atoms with Gasteiger partial charge in [-0.15, -0.1) is 0 Å². The fourth-order valence-corrected chi connectivity index (χ4v) is 1.73. The number of pyridine rings is 1. The van der Waals surface area contributed by atoms with Gasteiger partial charge in [0.05, 0.1) is 19.3 Å². The molecule has 2 N–H and O–H groups in total. The highest BCUT2D eigenvalue weighted by molar-refractivity contribution is 6.04. The van der Waals surface area contributed by atoms with Crippen LogP contribution >= 0.6 is 0 Å². The van der Waals surface area contributed by atoms with E-state index in [1.807, 2.05) is 6.92 Å². The molecule has 0 spiro atoms. The number of methoxy groups -OCH3 is 1. The number of aryl methyl sites for hydroxylation is 1. The number of aliphatic hydroxyl groups is 1. The zero-order valence-corrected chi connectivity index (χ0v) is 9.07. The molecular weight excluding hydrogens is 208 g/mol. The summed E-state index contributed by atoms with van der Waals surface area (Å²) in [5.74, 6) is -0.437. The van der Waals surface area contributed by atoms with Gasteiger partial charge in [0.15, 0.2) is 0 Å². The SMILES string of the molecule is COC(=O)c1c[nH]c2ncc(C)c(CO)c12. The zero-order chi connectivity index (χ0) is 11.7. The molecule has 2 aromatic heterocycles. The van der Waals surface area contributed by atoms with E-state index in [0.29, 0.717) is 22.2 Å². The number of carbonyl (C=O) groups excluding carboxylic acids is 1. The summed E-state index contributed by atoms with van der Waals surface area (Å²) in [6, 6.07) is 0. The number of H-pyrrole nitrogens is 1. The zero-order valence-electron chi connectivity index (χ0n) is 9.07. The Kier molecular flexibility index (Phi) is 2.62. The first-order valence-corrected chi connectivity index (χ1v) is 4.83. The number of ether oxygens (including phenoxy) is 1. The fourth-order valence-electron chi connectivity index (χ4n) is 1.73. The van der Waals surface area contributed by atoms with Crippen molar-refractivity contribution in [3.63, 3.8) is 0 Å². The molecule has 16 heavy (non-hydrogen) atoms. The number of rotatable bonds is 2. The minimum atomic E-state index is -0.437. The number of aromatic amines is 1. The van der Waals surface area contributed by atoms with E-state index in [1.54, 1.807) is 12.4 Å². The summed E-state index contributed by atoms with van der Waals surface area (Å²) in [5.41, 5.74) is 2.53. The lowest BCUT2D eigenvalue weighted by Gasteiger charge is -2.05. The Bertz CT molecular complexity index is 545. The molecule has 0 aliphatic carbocycles. The van der Waals surface area contributed by atoms with E-state index >= 15 is 0 Å². The highest BCUT2D eigenvalue weighted by Crippen LogP contribution is 2.24. The van der Waals surface area contributed by atoms with Crippen LogP contribution in [0.1, 0.15) is 21.5 Å². The summed E-state index contributed by atoms with van der Waals surface area (Å²) in [7, 11) is 1.32. The van der Waals surface area contributed by atoms with Crippen molar-refractivity contribution in [2.75, 3.05) is 7.11 Å². The molecule has 2 aromatic rings. The third-order valence-electron chi connectivity index (χ3n) is 2.59. The standard InChI is InChI=1S/C11H12N2O3/c1-6-3-12-10-9(8(6)5-14)7(4-13-10)11(15)16-2/h3-4,14H,5H2,1-2H3,(H,12,13). The largest absolute Gasteiger partial charge is 0.465 e. The molecule has 2 heterocycles. The van der Waals surface area contributed by atoms with Gasteiger partial charge in [0.1, 0.15) is 5.65 Å². The quantitative estimate of drug-likeness (QED) is 0.744. The van der Waals surface area contributed by atoms with Crippen molar-refractivity contribution in [1.29, 1.82) is 0 Å². The first kappa shape index (κ1) is 10.6.